The molecule has 1 aliphatic rings. The SMILES string of the molecule is Cc1c(CN2CCc3nc(S(C)(=O)=O)ncc3C2)sc2ccccc12. The Kier molecular flexibility index (Phi) is 4.10. The molecular formula is C18H19N3O2S2. The van der Waals surface area contributed by atoms with Crippen molar-refractivity contribution >= 4 is 31.3 Å². The number of thiophene rings is 1. The lowest BCUT2D eigenvalue weighted by Gasteiger charge is -2.27. The first kappa shape index (κ1) is 16.6. The van der Waals surface area contributed by atoms with Crippen LogP contribution in [0.25, 0.3) is 10.1 Å². The van der Waals surface area contributed by atoms with Crippen molar-refractivity contribution in [3.05, 3.63) is 52.2 Å². The Balaban J connectivity index is 1.57. The van der Waals surface area contributed by atoms with Crippen molar-refractivity contribution in [3.8, 4) is 0 Å². The van der Waals surface area contributed by atoms with Gasteiger partial charge in [-0.1, -0.05) is 18.2 Å². The topological polar surface area (TPSA) is 63.2 Å². The zero-order valence-corrected chi connectivity index (χ0v) is 15.8. The van der Waals surface area contributed by atoms with Gasteiger partial charge in [0.1, 0.15) is 0 Å². The van der Waals surface area contributed by atoms with Crippen LogP contribution in [0.4, 0.5) is 0 Å². The van der Waals surface area contributed by atoms with Crippen molar-refractivity contribution in [2.24, 2.45) is 0 Å². The van der Waals surface area contributed by atoms with Crippen LogP contribution in [-0.2, 0) is 29.3 Å². The molecule has 0 unspecified atom stereocenters. The molecule has 3 heterocycles. The Bertz CT molecular complexity index is 1060. The quantitative estimate of drug-likeness (QED) is 0.661. The second kappa shape index (κ2) is 6.16. The van der Waals surface area contributed by atoms with E-state index in [1.54, 1.807) is 6.20 Å². The van der Waals surface area contributed by atoms with Gasteiger partial charge in [0.25, 0.3) is 0 Å². The second-order valence-electron chi connectivity index (χ2n) is 6.50. The number of benzene rings is 1. The lowest BCUT2D eigenvalue weighted by Crippen LogP contribution is -2.31. The van der Waals surface area contributed by atoms with Gasteiger partial charge in [-0.25, -0.2) is 18.4 Å². The van der Waals surface area contributed by atoms with Gasteiger partial charge >= 0.3 is 0 Å². The molecule has 1 aliphatic heterocycles. The van der Waals surface area contributed by atoms with Crippen LogP contribution in [-0.4, -0.2) is 36.1 Å². The number of hydrogen-bond acceptors (Lipinski definition) is 6. The van der Waals surface area contributed by atoms with Crippen LogP contribution in [0.5, 0.6) is 0 Å². The first-order chi connectivity index (χ1) is 11.9. The molecule has 0 spiro atoms. The number of aromatic nitrogens is 2. The maximum atomic E-state index is 11.6. The van der Waals surface area contributed by atoms with E-state index in [4.69, 9.17) is 0 Å². The smallest absolute Gasteiger partial charge is 0.246 e. The fraction of sp³-hybridized carbons (Fsp3) is 0.333. The fourth-order valence-electron chi connectivity index (χ4n) is 3.25. The van der Waals surface area contributed by atoms with E-state index in [9.17, 15) is 8.42 Å². The van der Waals surface area contributed by atoms with E-state index in [2.05, 4.69) is 46.1 Å². The van der Waals surface area contributed by atoms with Gasteiger partial charge in [-0.3, -0.25) is 4.90 Å². The van der Waals surface area contributed by atoms with E-state index >= 15 is 0 Å². The predicted octanol–water partition coefficient (Wildman–Crippen LogP) is 2.96. The molecule has 0 aliphatic carbocycles. The predicted molar refractivity (Wildman–Crippen MR) is 99.5 cm³/mol. The molecular weight excluding hydrogens is 354 g/mol. The van der Waals surface area contributed by atoms with E-state index in [0.717, 1.165) is 43.6 Å². The van der Waals surface area contributed by atoms with Crippen molar-refractivity contribution < 1.29 is 8.42 Å². The van der Waals surface area contributed by atoms with Gasteiger partial charge in [0.15, 0.2) is 0 Å². The zero-order valence-electron chi connectivity index (χ0n) is 14.2. The molecule has 7 heteroatoms. The van der Waals surface area contributed by atoms with E-state index in [-0.39, 0.29) is 5.16 Å². The first-order valence-corrected chi connectivity index (χ1v) is 10.9. The lowest BCUT2D eigenvalue weighted by molar-refractivity contribution is 0.244. The van der Waals surface area contributed by atoms with E-state index in [1.807, 2.05) is 11.3 Å². The van der Waals surface area contributed by atoms with Crippen molar-refractivity contribution in [3.63, 3.8) is 0 Å². The highest BCUT2D eigenvalue weighted by molar-refractivity contribution is 7.90. The second-order valence-corrected chi connectivity index (χ2v) is 9.55. The van der Waals surface area contributed by atoms with Crippen LogP contribution in [0.15, 0.2) is 35.6 Å². The van der Waals surface area contributed by atoms with Gasteiger partial charge in [-0.05, 0) is 23.9 Å². The summed E-state index contributed by atoms with van der Waals surface area (Å²) in [7, 11) is -3.35. The van der Waals surface area contributed by atoms with Crippen molar-refractivity contribution in [2.75, 3.05) is 12.8 Å². The van der Waals surface area contributed by atoms with E-state index in [0.29, 0.717) is 0 Å². The minimum absolute atomic E-state index is 0.0694. The summed E-state index contributed by atoms with van der Waals surface area (Å²) in [4.78, 5) is 12.1. The third kappa shape index (κ3) is 3.19. The molecule has 0 radical (unpaired) electrons. The van der Waals surface area contributed by atoms with Crippen molar-refractivity contribution in [1.82, 2.24) is 14.9 Å². The summed E-state index contributed by atoms with van der Waals surface area (Å²) < 4.78 is 24.6. The monoisotopic (exact) mass is 373 g/mol. The van der Waals surface area contributed by atoms with Crippen LogP contribution in [0, 0.1) is 6.92 Å². The average molecular weight is 374 g/mol. The number of hydrogen-bond donors (Lipinski definition) is 0. The molecule has 130 valence electrons. The molecule has 0 saturated carbocycles. The Hall–Kier alpha value is -1.83. The minimum atomic E-state index is -3.35. The molecule has 0 fully saturated rings. The summed E-state index contributed by atoms with van der Waals surface area (Å²) >= 11 is 1.85. The summed E-state index contributed by atoms with van der Waals surface area (Å²) in [5, 5.41) is 1.26. The van der Waals surface area contributed by atoms with Crippen LogP contribution in [0.1, 0.15) is 21.7 Å². The fourth-order valence-corrected chi connectivity index (χ4v) is 5.02. The third-order valence-electron chi connectivity index (χ3n) is 4.63. The Morgan fingerprint density at radius 1 is 1.28 bits per heavy atom. The standard InChI is InChI=1S/C18H19N3O2S2/c1-12-14-5-3-4-6-16(14)24-17(12)11-21-8-7-15-13(10-21)9-19-18(20-15)25(2,22)23/h3-6,9H,7-8,10-11H2,1-2H3. The van der Waals surface area contributed by atoms with Crippen molar-refractivity contribution in [1.29, 1.82) is 0 Å². The highest BCUT2D eigenvalue weighted by Crippen LogP contribution is 2.32. The molecule has 0 amide bonds. The Morgan fingerprint density at radius 3 is 2.84 bits per heavy atom. The molecule has 0 bridgehead atoms. The summed E-state index contributed by atoms with van der Waals surface area (Å²) in [6.45, 7) is 4.72. The van der Waals surface area contributed by atoms with Crippen LogP contribution < -0.4 is 0 Å². The molecule has 25 heavy (non-hydrogen) atoms. The molecule has 4 rings (SSSR count). The molecule has 0 N–H and O–H groups in total. The number of fused-ring (bicyclic) bond motifs is 2. The van der Waals surface area contributed by atoms with Gasteiger partial charge in [0.05, 0.1) is 5.69 Å². The molecule has 3 aromatic rings. The summed E-state index contributed by atoms with van der Waals surface area (Å²) in [5.74, 6) is 0. The van der Waals surface area contributed by atoms with Crippen molar-refractivity contribution in [2.45, 2.75) is 31.6 Å². The van der Waals surface area contributed by atoms with Crippen LogP contribution in [0.3, 0.4) is 0 Å². The van der Waals surface area contributed by atoms with Crippen LogP contribution >= 0.6 is 11.3 Å². The largest absolute Gasteiger partial charge is 0.293 e. The minimum Gasteiger partial charge on any atom is -0.293 e. The highest BCUT2D eigenvalue weighted by Gasteiger charge is 2.22. The summed E-state index contributed by atoms with van der Waals surface area (Å²) in [5.41, 5.74) is 3.24. The first-order valence-electron chi connectivity index (χ1n) is 8.16. The highest BCUT2D eigenvalue weighted by atomic mass is 32.2. The van der Waals surface area contributed by atoms with Gasteiger partial charge < -0.3 is 0 Å². The molecule has 2 aromatic heterocycles. The van der Waals surface area contributed by atoms with Crippen LogP contribution in [0.2, 0.25) is 0 Å². The normalized spacial score (nSPS) is 15.4. The average Bonchev–Trinajstić information content (AvgIpc) is 2.90. The molecule has 0 atom stereocenters. The molecule has 5 nitrogen and oxygen atoms in total. The number of sulfone groups is 1. The number of rotatable bonds is 3. The Morgan fingerprint density at radius 2 is 2.08 bits per heavy atom. The van der Waals surface area contributed by atoms with Gasteiger partial charge in [-0.2, -0.15) is 0 Å². The zero-order chi connectivity index (χ0) is 17.6. The van der Waals surface area contributed by atoms with E-state index < -0.39 is 9.84 Å². The van der Waals surface area contributed by atoms with Gasteiger partial charge in [-0.15, -0.1) is 11.3 Å². The lowest BCUT2D eigenvalue weighted by atomic mass is 10.1. The molecule has 0 saturated heterocycles. The number of aryl methyl sites for hydroxylation is 1. The van der Waals surface area contributed by atoms with Gasteiger partial charge in [0.2, 0.25) is 15.0 Å². The molecule has 1 aromatic carbocycles. The maximum Gasteiger partial charge on any atom is 0.246 e. The Labute approximate surface area is 151 Å². The summed E-state index contributed by atoms with van der Waals surface area (Å²) in [6, 6.07) is 8.51. The third-order valence-corrected chi connectivity index (χ3v) is 6.75. The summed E-state index contributed by atoms with van der Waals surface area (Å²) in [6.07, 6.45) is 3.57. The van der Waals surface area contributed by atoms with E-state index in [1.165, 1.54) is 20.5 Å². The maximum absolute atomic E-state index is 11.6. The number of nitrogens with zero attached hydrogens (tertiary/aromatic N) is 3. The van der Waals surface area contributed by atoms with Gasteiger partial charge in [0, 0.05) is 53.6 Å².